The maximum Gasteiger partial charge on any atom is 0.138 e. The topological polar surface area (TPSA) is 9.23 Å². The van der Waals surface area contributed by atoms with Crippen LogP contribution in [0, 0.1) is 0 Å². The van der Waals surface area contributed by atoms with Gasteiger partial charge in [0.15, 0.2) is 0 Å². The van der Waals surface area contributed by atoms with E-state index in [9.17, 15) is 0 Å². The summed E-state index contributed by atoms with van der Waals surface area (Å²) in [7, 11) is 0. The van der Waals surface area contributed by atoms with E-state index in [2.05, 4.69) is 28.1 Å². The van der Waals surface area contributed by atoms with Crippen molar-refractivity contribution in [3.63, 3.8) is 0 Å². The second-order valence-corrected chi connectivity index (χ2v) is 6.75. The minimum atomic E-state index is 0.517. The van der Waals surface area contributed by atoms with Gasteiger partial charge in [-0.3, -0.25) is 0 Å². The normalized spacial score (nSPS) is 10.6. The molecule has 0 bridgehead atoms. The van der Waals surface area contributed by atoms with Crippen LogP contribution in [0.3, 0.4) is 0 Å². The van der Waals surface area contributed by atoms with Crippen LogP contribution in [0.25, 0.3) is 11.1 Å². The largest absolute Gasteiger partial charge is 0.486 e. The molecule has 0 aliphatic rings. The number of halogens is 2. The summed E-state index contributed by atoms with van der Waals surface area (Å²) in [4.78, 5) is 1.15. The molecule has 0 amide bonds. The van der Waals surface area contributed by atoms with Crippen molar-refractivity contribution in [1.29, 1.82) is 0 Å². The van der Waals surface area contributed by atoms with E-state index in [1.807, 2.05) is 47.8 Å². The Hall–Kier alpha value is -1.29. The van der Waals surface area contributed by atoms with Crippen LogP contribution in [0.2, 0.25) is 5.02 Å². The van der Waals surface area contributed by atoms with Gasteiger partial charge in [0, 0.05) is 4.47 Å². The fourth-order valence-corrected chi connectivity index (χ4v) is 3.61. The molecule has 1 nitrogen and oxygen atoms in total. The first-order valence-corrected chi connectivity index (χ1v) is 8.49. The van der Waals surface area contributed by atoms with Crippen molar-refractivity contribution in [2.45, 2.75) is 6.61 Å². The van der Waals surface area contributed by atoms with Gasteiger partial charge in [-0.15, -0.1) is 11.3 Å². The predicted octanol–water partition coefficient (Wildman–Crippen LogP) is 6.41. The van der Waals surface area contributed by atoms with Gasteiger partial charge >= 0.3 is 0 Å². The molecule has 2 aromatic carbocycles. The van der Waals surface area contributed by atoms with E-state index in [4.69, 9.17) is 16.3 Å². The van der Waals surface area contributed by atoms with Crippen LogP contribution in [-0.4, -0.2) is 0 Å². The zero-order chi connectivity index (χ0) is 14.7. The number of benzene rings is 2. The van der Waals surface area contributed by atoms with Gasteiger partial charge in [0.2, 0.25) is 0 Å². The molecule has 1 aromatic heterocycles. The summed E-state index contributed by atoms with van der Waals surface area (Å²) >= 11 is 11.5. The highest BCUT2D eigenvalue weighted by molar-refractivity contribution is 9.10. The molecule has 0 unspecified atom stereocenters. The molecular formula is C17H12BrClOS. The molecule has 0 N–H and O–H groups in total. The number of hydrogen-bond acceptors (Lipinski definition) is 2. The van der Waals surface area contributed by atoms with Crippen molar-refractivity contribution in [3.05, 3.63) is 74.3 Å². The van der Waals surface area contributed by atoms with Gasteiger partial charge in [0.1, 0.15) is 12.4 Å². The van der Waals surface area contributed by atoms with Crippen molar-refractivity contribution < 1.29 is 4.74 Å². The van der Waals surface area contributed by atoms with Crippen molar-refractivity contribution in [3.8, 4) is 16.9 Å². The van der Waals surface area contributed by atoms with Crippen LogP contribution < -0.4 is 4.74 Å². The van der Waals surface area contributed by atoms with Crippen molar-refractivity contribution in [2.24, 2.45) is 0 Å². The molecule has 4 heteroatoms. The third-order valence-electron chi connectivity index (χ3n) is 3.09. The van der Waals surface area contributed by atoms with E-state index < -0.39 is 0 Å². The Balaban J connectivity index is 1.77. The van der Waals surface area contributed by atoms with E-state index >= 15 is 0 Å². The number of ether oxygens (including phenoxy) is 1. The molecule has 106 valence electrons. The van der Waals surface area contributed by atoms with Crippen molar-refractivity contribution >= 4 is 38.9 Å². The Morgan fingerprint density at radius 1 is 1.00 bits per heavy atom. The second kappa shape index (κ2) is 6.65. The third kappa shape index (κ3) is 3.49. The SMILES string of the molecule is Clc1cc(-c2ccccc2)ccc1OCc1sccc1Br. The quantitative estimate of drug-likeness (QED) is 0.509. The molecule has 0 radical (unpaired) electrons. The fraction of sp³-hybridized carbons (Fsp3) is 0.0588. The number of rotatable bonds is 4. The molecule has 3 aromatic rings. The first-order chi connectivity index (χ1) is 10.2. The zero-order valence-electron chi connectivity index (χ0n) is 11.1. The Morgan fingerprint density at radius 2 is 1.81 bits per heavy atom. The van der Waals surface area contributed by atoms with Crippen LogP contribution in [-0.2, 0) is 6.61 Å². The first kappa shape index (κ1) is 14.6. The van der Waals surface area contributed by atoms with Gasteiger partial charge in [-0.2, -0.15) is 0 Å². The second-order valence-electron chi connectivity index (χ2n) is 4.49. The highest BCUT2D eigenvalue weighted by Gasteiger charge is 2.07. The summed E-state index contributed by atoms with van der Waals surface area (Å²) in [6.07, 6.45) is 0. The highest BCUT2D eigenvalue weighted by Crippen LogP contribution is 2.32. The maximum atomic E-state index is 6.33. The Bertz CT molecular complexity index is 740. The van der Waals surface area contributed by atoms with Crippen LogP contribution >= 0.6 is 38.9 Å². The van der Waals surface area contributed by atoms with E-state index in [-0.39, 0.29) is 0 Å². The van der Waals surface area contributed by atoms with Gasteiger partial charge in [-0.1, -0.05) is 48.0 Å². The van der Waals surface area contributed by atoms with Gasteiger partial charge < -0.3 is 4.74 Å². The summed E-state index contributed by atoms with van der Waals surface area (Å²) < 4.78 is 6.87. The minimum Gasteiger partial charge on any atom is -0.486 e. The molecule has 0 aliphatic heterocycles. The molecule has 0 atom stereocenters. The van der Waals surface area contributed by atoms with E-state index in [0.29, 0.717) is 17.4 Å². The average Bonchev–Trinajstić information content (AvgIpc) is 2.92. The maximum absolute atomic E-state index is 6.33. The summed E-state index contributed by atoms with van der Waals surface area (Å²) in [6, 6.07) is 18.1. The lowest BCUT2D eigenvalue weighted by atomic mass is 10.1. The smallest absolute Gasteiger partial charge is 0.138 e. The molecule has 0 aliphatic carbocycles. The van der Waals surface area contributed by atoms with Gasteiger partial charge in [0.05, 0.1) is 9.90 Å². The molecule has 1 heterocycles. The van der Waals surface area contributed by atoms with Crippen LogP contribution in [0.4, 0.5) is 0 Å². The zero-order valence-corrected chi connectivity index (χ0v) is 14.2. The van der Waals surface area contributed by atoms with Crippen molar-refractivity contribution in [1.82, 2.24) is 0 Å². The summed E-state index contributed by atoms with van der Waals surface area (Å²) in [5.74, 6) is 0.705. The monoisotopic (exact) mass is 378 g/mol. The van der Waals surface area contributed by atoms with Crippen LogP contribution in [0.1, 0.15) is 4.88 Å². The average molecular weight is 380 g/mol. The summed E-state index contributed by atoms with van der Waals surface area (Å²) in [5, 5.41) is 2.66. The molecular weight excluding hydrogens is 368 g/mol. The predicted molar refractivity (Wildman–Crippen MR) is 93.2 cm³/mol. The lowest BCUT2D eigenvalue weighted by molar-refractivity contribution is 0.309. The van der Waals surface area contributed by atoms with Crippen LogP contribution in [0.5, 0.6) is 5.75 Å². The Morgan fingerprint density at radius 3 is 2.48 bits per heavy atom. The van der Waals surface area contributed by atoms with E-state index in [0.717, 1.165) is 20.5 Å². The summed E-state index contributed by atoms with van der Waals surface area (Å²) in [6.45, 7) is 0.517. The number of hydrogen-bond donors (Lipinski definition) is 0. The van der Waals surface area contributed by atoms with Crippen LogP contribution in [0.15, 0.2) is 64.5 Å². The van der Waals surface area contributed by atoms with Gasteiger partial charge in [0.25, 0.3) is 0 Å². The molecule has 0 saturated heterocycles. The van der Waals surface area contributed by atoms with Gasteiger partial charge in [-0.05, 0) is 50.6 Å². The first-order valence-electron chi connectivity index (χ1n) is 6.43. The van der Waals surface area contributed by atoms with E-state index in [1.54, 1.807) is 11.3 Å². The lowest BCUT2D eigenvalue weighted by Crippen LogP contribution is -1.94. The van der Waals surface area contributed by atoms with E-state index in [1.165, 1.54) is 0 Å². The molecule has 0 spiro atoms. The molecule has 21 heavy (non-hydrogen) atoms. The lowest BCUT2D eigenvalue weighted by Gasteiger charge is -2.09. The molecule has 0 fully saturated rings. The Labute approximate surface area is 141 Å². The fourth-order valence-electron chi connectivity index (χ4n) is 2.00. The molecule has 3 rings (SSSR count). The highest BCUT2D eigenvalue weighted by atomic mass is 79.9. The van der Waals surface area contributed by atoms with Gasteiger partial charge in [-0.25, -0.2) is 0 Å². The standard InChI is InChI=1S/C17H12BrClOS/c18-14-8-9-21-17(14)11-20-16-7-6-13(10-15(16)19)12-4-2-1-3-5-12/h1-10H,11H2. The third-order valence-corrected chi connectivity index (χ3v) is 5.28. The molecule has 0 saturated carbocycles. The minimum absolute atomic E-state index is 0.517. The Kier molecular flexibility index (Phi) is 4.63. The van der Waals surface area contributed by atoms with Crippen molar-refractivity contribution in [2.75, 3.05) is 0 Å². The summed E-state index contributed by atoms with van der Waals surface area (Å²) in [5.41, 5.74) is 2.23. The number of thiophene rings is 1.